The SMILES string of the molecule is O=C1NC(Cc2ccccc2)(c2ccccc2)C(=O)N1CC(O)COc1ccc2c(c1)OCO2. The predicted octanol–water partition coefficient (Wildman–Crippen LogP) is 2.85. The van der Waals surface area contributed by atoms with E-state index >= 15 is 0 Å². The van der Waals surface area contributed by atoms with E-state index in [0.29, 0.717) is 29.2 Å². The number of aliphatic hydroxyl groups excluding tert-OH is 1. The molecular weight excluding hydrogens is 436 g/mol. The molecule has 3 aromatic carbocycles. The molecule has 8 heteroatoms. The highest BCUT2D eigenvalue weighted by atomic mass is 16.7. The molecule has 0 spiro atoms. The summed E-state index contributed by atoms with van der Waals surface area (Å²) in [4.78, 5) is 27.6. The molecule has 0 radical (unpaired) electrons. The van der Waals surface area contributed by atoms with E-state index in [1.165, 1.54) is 0 Å². The van der Waals surface area contributed by atoms with E-state index in [1.54, 1.807) is 18.2 Å². The molecule has 1 fully saturated rings. The summed E-state index contributed by atoms with van der Waals surface area (Å²) in [6.07, 6.45) is -0.786. The lowest BCUT2D eigenvalue weighted by Crippen LogP contribution is -2.46. The van der Waals surface area contributed by atoms with Gasteiger partial charge in [0.05, 0.1) is 6.54 Å². The van der Waals surface area contributed by atoms with E-state index in [9.17, 15) is 14.7 Å². The Morgan fingerprint density at radius 1 is 0.971 bits per heavy atom. The van der Waals surface area contributed by atoms with Crippen LogP contribution >= 0.6 is 0 Å². The van der Waals surface area contributed by atoms with Crippen molar-refractivity contribution in [1.29, 1.82) is 0 Å². The third kappa shape index (κ3) is 4.15. The number of hydrogen-bond acceptors (Lipinski definition) is 6. The van der Waals surface area contributed by atoms with Gasteiger partial charge in [-0.2, -0.15) is 0 Å². The highest BCUT2D eigenvalue weighted by molar-refractivity contribution is 6.07. The van der Waals surface area contributed by atoms with Gasteiger partial charge in [0.1, 0.15) is 18.5 Å². The first kappa shape index (κ1) is 21.8. The molecule has 3 amide bonds. The molecule has 0 aliphatic carbocycles. The van der Waals surface area contributed by atoms with Gasteiger partial charge in [-0.05, 0) is 23.3 Å². The lowest BCUT2D eigenvalue weighted by molar-refractivity contribution is -0.132. The molecule has 2 aliphatic heterocycles. The van der Waals surface area contributed by atoms with Gasteiger partial charge in [-0.15, -0.1) is 0 Å². The molecule has 2 atom stereocenters. The van der Waals surface area contributed by atoms with Crippen LogP contribution in [-0.4, -0.2) is 48.0 Å². The molecule has 2 N–H and O–H groups in total. The Labute approximate surface area is 196 Å². The Balaban J connectivity index is 1.31. The number of nitrogens with one attached hydrogen (secondary N) is 1. The van der Waals surface area contributed by atoms with Crippen molar-refractivity contribution in [2.24, 2.45) is 0 Å². The maximum Gasteiger partial charge on any atom is 0.325 e. The minimum Gasteiger partial charge on any atom is -0.491 e. The zero-order valence-electron chi connectivity index (χ0n) is 18.3. The van der Waals surface area contributed by atoms with Gasteiger partial charge in [-0.3, -0.25) is 9.69 Å². The summed E-state index contributed by atoms with van der Waals surface area (Å²) in [6, 6.07) is 23.2. The molecule has 1 saturated heterocycles. The van der Waals surface area contributed by atoms with Crippen LogP contribution in [0.3, 0.4) is 0 Å². The first-order chi connectivity index (χ1) is 16.5. The Hall–Kier alpha value is -4.04. The number of imide groups is 1. The number of fused-ring (bicyclic) bond motifs is 1. The van der Waals surface area contributed by atoms with E-state index in [-0.39, 0.29) is 19.9 Å². The van der Waals surface area contributed by atoms with Gasteiger partial charge in [0.2, 0.25) is 6.79 Å². The van der Waals surface area contributed by atoms with E-state index in [0.717, 1.165) is 10.5 Å². The average molecular weight is 460 g/mol. The fourth-order valence-electron chi connectivity index (χ4n) is 4.26. The van der Waals surface area contributed by atoms with Crippen LogP contribution in [0.25, 0.3) is 0 Å². The van der Waals surface area contributed by atoms with Crippen molar-refractivity contribution in [3.8, 4) is 17.2 Å². The predicted molar refractivity (Wildman–Crippen MR) is 123 cm³/mol. The number of β-amino-alcohol motifs (C(OH)–C–C–N with tert-alkyl or cyclic N) is 1. The monoisotopic (exact) mass is 460 g/mol. The van der Waals surface area contributed by atoms with Gasteiger partial charge in [0, 0.05) is 12.5 Å². The first-order valence-corrected chi connectivity index (χ1v) is 11.0. The Morgan fingerprint density at radius 3 is 2.44 bits per heavy atom. The maximum atomic E-state index is 13.6. The number of urea groups is 1. The van der Waals surface area contributed by atoms with E-state index in [1.807, 2.05) is 60.7 Å². The Morgan fingerprint density at radius 2 is 1.68 bits per heavy atom. The van der Waals surface area contributed by atoms with Crippen molar-refractivity contribution in [3.63, 3.8) is 0 Å². The number of carbonyl (C=O) groups is 2. The van der Waals surface area contributed by atoms with Gasteiger partial charge in [0.15, 0.2) is 17.0 Å². The normalized spacial score (nSPS) is 19.7. The van der Waals surface area contributed by atoms with Gasteiger partial charge >= 0.3 is 6.03 Å². The number of benzene rings is 3. The van der Waals surface area contributed by atoms with Crippen molar-refractivity contribution in [1.82, 2.24) is 10.2 Å². The number of nitrogens with zero attached hydrogens (tertiary/aromatic N) is 1. The summed E-state index contributed by atoms with van der Waals surface area (Å²) in [7, 11) is 0. The van der Waals surface area contributed by atoms with Crippen LogP contribution in [0.5, 0.6) is 17.2 Å². The molecular formula is C26H24N2O6. The van der Waals surface area contributed by atoms with Crippen LogP contribution in [0, 0.1) is 0 Å². The minimum atomic E-state index is -1.25. The Bertz CT molecular complexity index is 1190. The van der Waals surface area contributed by atoms with Crippen LogP contribution < -0.4 is 19.5 Å². The van der Waals surface area contributed by atoms with Crippen LogP contribution in [0.4, 0.5) is 4.79 Å². The number of hydrogen-bond donors (Lipinski definition) is 2. The van der Waals surface area contributed by atoms with Crippen LogP contribution in [0.15, 0.2) is 78.9 Å². The molecule has 0 bridgehead atoms. The maximum absolute atomic E-state index is 13.6. The quantitative estimate of drug-likeness (QED) is 0.502. The van der Waals surface area contributed by atoms with Gasteiger partial charge in [-0.25, -0.2) is 4.79 Å². The molecule has 2 heterocycles. The number of aliphatic hydroxyl groups is 1. The average Bonchev–Trinajstić information content (AvgIpc) is 3.42. The molecule has 34 heavy (non-hydrogen) atoms. The lowest BCUT2D eigenvalue weighted by Gasteiger charge is -2.28. The van der Waals surface area contributed by atoms with Crippen molar-refractivity contribution in [3.05, 3.63) is 90.0 Å². The number of ether oxygens (including phenoxy) is 3. The topological polar surface area (TPSA) is 97.3 Å². The third-order valence-corrected chi connectivity index (χ3v) is 5.93. The summed E-state index contributed by atoms with van der Waals surface area (Å²) >= 11 is 0. The summed E-state index contributed by atoms with van der Waals surface area (Å²) in [6.45, 7) is -0.147. The number of carbonyl (C=O) groups excluding carboxylic acids is 2. The standard InChI is InChI=1S/C26H24N2O6/c29-20(16-32-21-11-12-22-23(13-21)34-17-33-22)15-28-24(30)26(27-25(28)31,19-9-5-2-6-10-19)14-18-7-3-1-4-8-18/h1-13,20,29H,14-17H2,(H,27,31). The fraction of sp³-hybridized carbons (Fsp3) is 0.231. The molecule has 8 nitrogen and oxygen atoms in total. The zero-order valence-corrected chi connectivity index (χ0v) is 18.3. The molecule has 2 unspecified atom stereocenters. The lowest BCUT2D eigenvalue weighted by atomic mass is 9.83. The highest BCUT2D eigenvalue weighted by Crippen LogP contribution is 2.35. The van der Waals surface area contributed by atoms with Crippen LogP contribution in [-0.2, 0) is 16.8 Å². The zero-order chi connectivity index (χ0) is 23.5. The molecule has 174 valence electrons. The number of rotatable bonds is 8. The molecule has 0 saturated carbocycles. The number of amides is 3. The highest BCUT2D eigenvalue weighted by Gasteiger charge is 2.52. The van der Waals surface area contributed by atoms with Crippen molar-refractivity contribution in [2.75, 3.05) is 19.9 Å². The van der Waals surface area contributed by atoms with Crippen molar-refractivity contribution >= 4 is 11.9 Å². The van der Waals surface area contributed by atoms with E-state index in [2.05, 4.69) is 5.32 Å². The van der Waals surface area contributed by atoms with Gasteiger partial charge in [-0.1, -0.05) is 60.7 Å². The third-order valence-electron chi connectivity index (χ3n) is 5.93. The molecule has 3 aromatic rings. The second-order valence-electron chi connectivity index (χ2n) is 8.26. The second-order valence-corrected chi connectivity index (χ2v) is 8.26. The molecule has 0 aromatic heterocycles. The summed E-state index contributed by atoms with van der Waals surface area (Å²) in [5, 5.41) is 13.5. The van der Waals surface area contributed by atoms with Gasteiger partial charge < -0.3 is 24.6 Å². The summed E-state index contributed by atoms with van der Waals surface area (Å²) in [5.41, 5.74) is 0.344. The van der Waals surface area contributed by atoms with Gasteiger partial charge in [0.25, 0.3) is 5.91 Å². The summed E-state index contributed by atoms with van der Waals surface area (Å²) < 4.78 is 16.2. The first-order valence-electron chi connectivity index (χ1n) is 11.0. The molecule has 5 rings (SSSR count). The largest absolute Gasteiger partial charge is 0.491 e. The van der Waals surface area contributed by atoms with Crippen LogP contribution in [0.2, 0.25) is 0 Å². The van der Waals surface area contributed by atoms with E-state index in [4.69, 9.17) is 14.2 Å². The fourth-order valence-corrected chi connectivity index (χ4v) is 4.26. The minimum absolute atomic E-state index is 0.103. The smallest absolute Gasteiger partial charge is 0.325 e. The molecule has 2 aliphatic rings. The summed E-state index contributed by atoms with van der Waals surface area (Å²) in [5.74, 6) is 1.27. The van der Waals surface area contributed by atoms with E-state index < -0.39 is 23.6 Å². The Kier molecular flexibility index (Phi) is 5.81. The van der Waals surface area contributed by atoms with Crippen LogP contribution in [0.1, 0.15) is 11.1 Å². The van der Waals surface area contributed by atoms with Crippen molar-refractivity contribution in [2.45, 2.75) is 18.1 Å². The van der Waals surface area contributed by atoms with Crippen molar-refractivity contribution < 1.29 is 28.9 Å². The second kappa shape index (κ2) is 9.07.